The van der Waals surface area contributed by atoms with E-state index < -0.39 is 17.8 Å². The van der Waals surface area contributed by atoms with Gasteiger partial charge in [-0.15, -0.1) is 0 Å². The van der Waals surface area contributed by atoms with Gasteiger partial charge in [-0.2, -0.15) is 0 Å². The van der Waals surface area contributed by atoms with E-state index in [0.717, 1.165) is 22.4 Å². The molecule has 0 aromatic heterocycles. The molecule has 0 bridgehead atoms. The van der Waals surface area contributed by atoms with Crippen LogP contribution in [0.4, 0.5) is 16.2 Å². The first-order valence-corrected chi connectivity index (χ1v) is 15.0. The molecule has 0 aliphatic carbocycles. The van der Waals surface area contributed by atoms with Crippen molar-refractivity contribution in [2.45, 2.75) is 34.1 Å². The highest BCUT2D eigenvalue weighted by atomic mass is 79.9. The van der Waals surface area contributed by atoms with Crippen molar-refractivity contribution < 1.29 is 38.1 Å². The molecule has 0 saturated carbocycles. The summed E-state index contributed by atoms with van der Waals surface area (Å²) >= 11 is 3.45. The Labute approximate surface area is 269 Å². The predicted octanol–water partition coefficient (Wildman–Crippen LogP) is 5.95. The van der Waals surface area contributed by atoms with Crippen molar-refractivity contribution in [3.05, 3.63) is 75.3 Å². The van der Waals surface area contributed by atoms with Gasteiger partial charge in [-0.1, -0.05) is 13.0 Å². The number of carbonyl (C=O) groups excluding carboxylic acids is 4. The van der Waals surface area contributed by atoms with E-state index in [9.17, 15) is 19.2 Å². The molecular formula is C33H34BrN3O8. The van der Waals surface area contributed by atoms with Crippen molar-refractivity contribution in [2.75, 3.05) is 37.1 Å². The third kappa shape index (κ3) is 7.82. The number of urea groups is 1. The first-order chi connectivity index (χ1) is 21.6. The number of halogens is 1. The molecule has 3 aromatic rings. The topological polar surface area (TPSA) is 132 Å². The van der Waals surface area contributed by atoms with Crippen LogP contribution in [0, 0.1) is 13.8 Å². The Kier molecular flexibility index (Phi) is 10.8. The summed E-state index contributed by atoms with van der Waals surface area (Å²) in [7, 11) is 1.45. The Morgan fingerprint density at radius 3 is 2.40 bits per heavy atom. The smallest absolute Gasteiger partial charge is 0.335 e. The minimum Gasteiger partial charge on any atom is -0.493 e. The minimum absolute atomic E-state index is 0.190. The number of hydrogen-bond donors (Lipinski definition) is 2. The molecule has 1 aliphatic heterocycles. The van der Waals surface area contributed by atoms with E-state index in [-0.39, 0.29) is 41.9 Å². The number of aryl methyl sites for hydroxylation is 2. The van der Waals surface area contributed by atoms with Gasteiger partial charge in [0, 0.05) is 11.8 Å². The van der Waals surface area contributed by atoms with Crippen molar-refractivity contribution in [1.29, 1.82) is 0 Å². The molecule has 0 atom stereocenters. The minimum atomic E-state index is -0.898. The maximum atomic E-state index is 13.5. The van der Waals surface area contributed by atoms with Gasteiger partial charge in [-0.3, -0.25) is 19.7 Å². The second kappa shape index (κ2) is 14.8. The number of nitrogens with one attached hydrogen (secondary N) is 2. The van der Waals surface area contributed by atoms with E-state index in [1.54, 1.807) is 25.1 Å². The Morgan fingerprint density at radius 1 is 0.933 bits per heavy atom. The fourth-order valence-electron chi connectivity index (χ4n) is 4.41. The molecule has 11 nitrogen and oxygen atoms in total. The van der Waals surface area contributed by atoms with Gasteiger partial charge >= 0.3 is 6.03 Å². The lowest BCUT2D eigenvalue weighted by Crippen LogP contribution is -2.54. The first kappa shape index (κ1) is 33.1. The molecule has 5 amide bonds. The summed E-state index contributed by atoms with van der Waals surface area (Å²) in [6, 6.07) is 12.5. The standard InChI is InChI=1S/C33H34BrN3O8/c1-6-12-44-26-11-10-23(17-27(26)42-5)37-32(40)24(31(39)36-33(37)41)14-21-15-25(34)30(28(16-21)43-7-2)45-18-29(38)35-22-9-8-19(3)20(4)13-22/h8-11,13-17H,6-7,12,18H2,1-5H3,(H,35,38)(H,36,39,41)/b24-14-. The number of ether oxygens (including phenoxy) is 4. The molecule has 2 N–H and O–H groups in total. The average molecular weight is 681 g/mol. The summed E-state index contributed by atoms with van der Waals surface area (Å²) in [4.78, 5) is 52.6. The maximum absolute atomic E-state index is 13.5. The number of carbonyl (C=O) groups is 4. The van der Waals surface area contributed by atoms with E-state index in [1.165, 1.54) is 25.3 Å². The van der Waals surface area contributed by atoms with Gasteiger partial charge in [0.2, 0.25) is 0 Å². The monoisotopic (exact) mass is 679 g/mol. The van der Waals surface area contributed by atoms with Crippen molar-refractivity contribution in [2.24, 2.45) is 0 Å². The molecule has 0 radical (unpaired) electrons. The van der Waals surface area contributed by atoms with Crippen LogP contribution in [0.3, 0.4) is 0 Å². The van der Waals surface area contributed by atoms with Gasteiger partial charge in [0.05, 0.1) is 30.5 Å². The number of barbiturate groups is 1. The molecule has 1 heterocycles. The van der Waals surface area contributed by atoms with Crippen LogP contribution in [0.25, 0.3) is 6.08 Å². The summed E-state index contributed by atoms with van der Waals surface area (Å²) in [5.41, 5.74) is 3.13. The number of anilines is 2. The lowest BCUT2D eigenvalue weighted by molar-refractivity contribution is -0.122. The lowest BCUT2D eigenvalue weighted by Gasteiger charge is -2.27. The molecule has 1 fully saturated rings. The van der Waals surface area contributed by atoms with Gasteiger partial charge in [-0.25, -0.2) is 9.69 Å². The molecule has 236 valence electrons. The van der Waals surface area contributed by atoms with E-state index in [1.807, 2.05) is 39.0 Å². The number of benzene rings is 3. The molecule has 0 unspecified atom stereocenters. The average Bonchev–Trinajstić information content (AvgIpc) is 3.00. The predicted molar refractivity (Wildman–Crippen MR) is 173 cm³/mol. The van der Waals surface area contributed by atoms with Gasteiger partial charge in [0.1, 0.15) is 5.57 Å². The highest BCUT2D eigenvalue weighted by molar-refractivity contribution is 9.10. The third-order valence-corrected chi connectivity index (χ3v) is 7.34. The molecule has 4 rings (SSSR count). The van der Waals surface area contributed by atoms with Crippen LogP contribution in [0.5, 0.6) is 23.0 Å². The van der Waals surface area contributed by atoms with Gasteiger partial charge in [-0.05, 0) is 102 Å². The molecule has 0 spiro atoms. The van der Waals surface area contributed by atoms with Crippen molar-refractivity contribution >= 4 is 57.1 Å². The third-order valence-electron chi connectivity index (χ3n) is 6.75. The number of rotatable bonds is 12. The Morgan fingerprint density at radius 2 is 1.71 bits per heavy atom. The molecule has 1 aliphatic rings. The van der Waals surface area contributed by atoms with Crippen LogP contribution >= 0.6 is 15.9 Å². The summed E-state index contributed by atoms with van der Waals surface area (Å²) in [6.45, 7) is 8.14. The quantitative estimate of drug-likeness (QED) is 0.177. The second-order valence-electron chi connectivity index (χ2n) is 10.0. The van der Waals surface area contributed by atoms with Gasteiger partial charge in [0.25, 0.3) is 17.7 Å². The fourth-order valence-corrected chi connectivity index (χ4v) is 4.99. The number of methoxy groups -OCH3 is 1. The van der Waals surface area contributed by atoms with E-state index in [2.05, 4.69) is 26.6 Å². The van der Waals surface area contributed by atoms with Crippen LogP contribution in [0.15, 0.2) is 58.6 Å². The van der Waals surface area contributed by atoms with Crippen LogP contribution in [0.1, 0.15) is 37.0 Å². The SMILES string of the molecule is CCCOc1ccc(N2C(=O)NC(=O)/C(=C/c3cc(Br)c(OCC(=O)Nc4ccc(C)c(C)c4)c(OCC)c3)C2=O)cc1OC. The van der Waals surface area contributed by atoms with E-state index in [0.29, 0.717) is 33.8 Å². The molecule has 45 heavy (non-hydrogen) atoms. The van der Waals surface area contributed by atoms with Crippen LogP contribution in [-0.2, 0) is 14.4 Å². The van der Waals surface area contributed by atoms with Crippen LogP contribution in [-0.4, -0.2) is 50.7 Å². The van der Waals surface area contributed by atoms with Gasteiger partial charge < -0.3 is 24.3 Å². The number of nitrogens with zero attached hydrogens (tertiary/aromatic N) is 1. The van der Waals surface area contributed by atoms with Crippen molar-refractivity contribution in [3.8, 4) is 23.0 Å². The zero-order chi connectivity index (χ0) is 32.7. The fraction of sp³-hybridized carbons (Fsp3) is 0.273. The first-order valence-electron chi connectivity index (χ1n) is 14.2. The normalized spacial score (nSPS) is 13.9. The summed E-state index contributed by atoms with van der Waals surface area (Å²) in [6.07, 6.45) is 2.13. The highest BCUT2D eigenvalue weighted by Gasteiger charge is 2.37. The number of amides is 5. The number of hydrogen-bond acceptors (Lipinski definition) is 8. The highest BCUT2D eigenvalue weighted by Crippen LogP contribution is 2.38. The van der Waals surface area contributed by atoms with Crippen molar-refractivity contribution in [3.63, 3.8) is 0 Å². The Balaban J connectivity index is 1.58. The van der Waals surface area contributed by atoms with Gasteiger partial charge in [0.15, 0.2) is 29.6 Å². The zero-order valence-electron chi connectivity index (χ0n) is 25.6. The summed E-state index contributed by atoms with van der Waals surface area (Å²) in [5.74, 6) is -0.719. The largest absolute Gasteiger partial charge is 0.493 e. The Bertz CT molecular complexity index is 1670. The molecular weight excluding hydrogens is 646 g/mol. The second-order valence-corrected chi connectivity index (χ2v) is 10.9. The van der Waals surface area contributed by atoms with Crippen molar-refractivity contribution in [1.82, 2.24) is 5.32 Å². The molecule has 3 aromatic carbocycles. The van der Waals surface area contributed by atoms with E-state index >= 15 is 0 Å². The van der Waals surface area contributed by atoms with Crippen LogP contribution in [0.2, 0.25) is 0 Å². The maximum Gasteiger partial charge on any atom is 0.335 e. The number of imide groups is 2. The summed E-state index contributed by atoms with van der Waals surface area (Å²) < 4.78 is 23.0. The lowest BCUT2D eigenvalue weighted by atomic mass is 10.1. The Hall–Kier alpha value is -4.84. The van der Waals surface area contributed by atoms with Crippen LogP contribution < -0.4 is 34.5 Å². The summed E-state index contributed by atoms with van der Waals surface area (Å²) in [5, 5.41) is 5.02. The molecule has 1 saturated heterocycles. The molecule has 12 heteroatoms. The zero-order valence-corrected chi connectivity index (χ0v) is 27.2. The van der Waals surface area contributed by atoms with E-state index in [4.69, 9.17) is 18.9 Å².